The summed E-state index contributed by atoms with van der Waals surface area (Å²) in [5, 5.41) is 6.87. The molecule has 1 saturated carbocycles. The normalized spacial score (nSPS) is 15.3. The van der Waals surface area contributed by atoms with E-state index in [2.05, 4.69) is 20.6 Å². The molecule has 0 saturated heterocycles. The molecular weight excluding hydrogens is 348 g/mol. The topological polar surface area (TPSA) is 66.9 Å². The maximum absolute atomic E-state index is 12.4. The number of aryl methyl sites for hydroxylation is 2. The molecule has 138 valence electrons. The zero-order chi connectivity index (χ0) is 18.5. The Morgan fingerprint density at radius 2 is 1.73 bits per heavy atom. The van der Waals surface area contributed by atoms with Crippen molar-refractivity contribution in [1.82, 2.24) is 15.3 Å². The lowest BCUT2D eigenvalue weighted by molar-refractivity contribution is 0.0932. The highest BCUT2D eigenvalue weighted by Gasteiger charge is 2.16. The molecule has 1 aromatic carbocycles. The number of amides is 1. The van der Waals surface area contributed by atoms with E-state index in [0.29, 0.717) is 16.5 Å². The van der Waals surface area contributed by atoms with E-state index in [1.165, 1.54) is 25.7 Å². The minimum absolute atomic E-state index is 0.104. The number of anilines is 2. The van der Waals surface area contributed by atoms with Crippen LogP contribution in [0.1, 0.15) is 60.0 Å². The number of hydrogen-bond donors (Lipinski definition) is 2. The molecule has 1 aliphatic rings. The van der Waals surface area contributed by atoms with Crippen LogP contribution in [-0.4, -0.2) is 21.9 Å². The first-order valence-corrected chi connectivity index (χ1v) is 9.57. The highest BCUT2D eigenvalue weighted by molar-refractivity contribution is 6.33. The molecule has 0 aliphatic heterocycles. The molecule has 5 nitrogen and oxygen atoms in total. The van der Waals surface area contributed by atoms with Crippen molar-refractivity contribution in [3.05, 3.63) is 46.2 Å². The summed E-state index contributed by atoms with van der Waals surface area (Å²) in [5.74, 6) is 0.317. The fourth-order valence-corrected chi connectivity index (χ4v) is 3.76. The summed E-state index contributed by atoms with van der Waals surface area (Å²) in [4.78, 5) is 20.9. The smallest absolute Gasteiger partial charge is 0.254 e. The van der Waals surface area contributed by atoms with Gasteiger partial charge in [-0.05, 0) is 43.9 Å². The summed E-state index contributed by atoms with van der Waals surface area (Å²) in [5.41, 5.74) is 3.39. The van der Waals surface area contributed by atoms with Crippen LogP contribution in [0.15, 0.2) is 24.5 Å². The second-order valence-corrected chi connectivity index (χ2v) is 7.43. The quantitative estimate of drug-likeness (QED) is 0.745. The second-order valence-electron chi connectivity index (χ2n) is 7.02. The number of carbonyl (C=O) groups is 1. The van der Waals surface area contributed by atoms with Crippen molar-refractivity contribution in [2.45, 2.75) is 58.4 Å². The summed E-state index contributed by atoms with van der Waals surface area (Å²) in [7, 11) is 0. The Bertz CT molecular complexity index is 745. The summed E-state index contributed by atoms with van der Waals surface area (Å²) in [6, 6.07) is 4.20. The summed E-state index contributed by atoms with van der Waals surface area (Å²) < 4.78 is 0. The molecule has 1 fully saturated rings. The van der Waals surface area contributed by atoms with Gasteiger partial charge in [-0.3, -0.25) is 4.79 Å². The number of benzene rings is 1. The number of rotatable bonds is 4. The Morgan fingerprint density at radius 1 is 1.08 bits per heavy atom. The van der Waals surface area contributed by atoms with Crippen LogP contribution >= 0.6 is 11.6 Å². The van der Waals surface area contributed by atoms with Gasteiger partial charge >= 0.3 is 0 Å². The third kappa shape index (κ3) is 4.73. The molecule has 1 aromatic heterocycles. The predicted molar refractivity (Wildman–Crippen MR) is 105 cm³/mol. The fraction of sp³-hybridized carbons (Fsp3) is 0.450. The minimum Gasteiger partial charge on any atom is -0.349 e. The number of hydrogen-bond acceptors (Lipinski definition) is 4. The van der Waals surface area contributed by atoms with Gasteiger partial charge in [0.05, 0.1) is 16.3 Å². The molecule has 0 radical (unpaired) electrons. The third-order valence-corrected chi connectivity index (χ3v) is 5.07. The van der Waals surface area contributed by atoms with Crippen molar-refractivity contribution in [3.8, 4) is 0 Å². The lowest BCUT2D eigenvalue weighted by atomic mass is 10.1. The van der Waals surface area contributed by atoms with Crippen molar-refractivity contribution in [2.24, 2.45) is 0 Å². The first-order chi connectivity index (χ1) is 12.5. The Morgan fingerprint density at radius 3 is 2.35 bits per heavy atom. The van der Waals surface area contributed by atoms with Gasteiger partial charge in [-0.2, -0.15) is 0 Å². The van der Waals surface area contributed by atoms with Crippen LogP contribution in [0.25, 0.3) is 0 Å². The maximum atomic E-state index is 12.4. The molecule has 1 heterocycles. The SMILES string of the molecule is Cc1cc(C)c(Nc2ncc(C(=O)NC3CCCCCC3)cn2)c(Cl)c1. The van der Waals surface area contributed by atoms with Crippen LogP contribution in [0, 0.1) is 13.8 Å². The molecular formula is C20H25ClN4O. The van der Waals surface area contributed by atoms with Crippen LogP contribution in [0.3, 0.4) is 0 Å². The largest absolute Gasteiger partial charge is 0.349 e. The molecule has 3 rings (SSSR count). The van der Waals surface area contributed by atoms with Crippen molar-refractivity contribution >= 4 is 29.1 Å². The fourth-order valence-electron chi connectivity index (χ4n) is 3.39. The van der Waals surface area contributed by atoms with E-state index in [-0.39, 0.29) is 11.9 Å². The molecule has 0 spiro atoms. The maximum Gasteiger partial charge on any atom is 0.254 e. The summed E-state index contributed by atoms with van der Waals surface area (Å²) in [6.45, 7) is 3.98. The van der Waals surface area contributed by atoms with Crippen molar-refractivity contribution in [1.29, 1.82) is 0 Å². The van der Waals surface area contributed by atoms with Gasteiger partial charge in [-0.1, -0.05) is 43.4 Å². The summed E-state index contributed by atoms with van der Waals surface area (Å²) >= 11 is 6.31. The van der Waals surface area contributed by atoms with E-state index in [0.717, 1.165) is 29.7 Å². The van der Waals surface area contributed by atoms with Gasteiger partial charge in [-0.25, -0.2) is 9.97 Å². The van der Waals surface area contributed by atoms with E-state index in [4.69, 9.17) is 11.6 Å². The molecule has 2 aromatic rings. The van der Waals surface area contributed by atoms with Crippen molar-refractivity contribution in [2.75, 3.05) is 5.32 Å². The zero-order valence-electron chi connectivity index (χ0n) is 15.3. The highest BCUT2D eigenvalue weighted by Crippen LogP contribution is 2.29. The zero-order valence-corrected chi connectivity index (χ0v) is 16.1. The molecule has 0 atom stereocenters. The summed E-state index contributed by atoms with van der Waals surface area (Å²) in [6.07, 6.45) is 10.1. The number of aromatic nitrogens is 2. The van der Waals surface area contributed by atoms with E-state index >= 15 is 0 Å². The molecule has 1 aliphatic carbocycles. The Hall–Kier alpha value is -2.14. The van der Waals surface area contributed by atoms with Crippen LogP contribution in [0.5, 0.6) is 0 Å². The highest BCUT2D eigenvalue weighted by atomic mass is 35.5. The van der Waals surface area contributed by atoms with Crippen LogP contribution in [0.2, 0.25) is 5.02 Å². The second kappa shape index (κ2) is 8.49. The van der Waals surface area contributed by atoms with Gasteiger partial charge in [0.2, 0.25) is 5.95 Å². The van der Waals surface area contributed by atoms with Crippen molar-refractivity contribution < 1.29 is 4.79 Å². The van der Waals surface area contributed by atoms with E-state index < -0.39 is 0 Å². The average Bonchev–Trinajstić information content (AvgIpc) is 2.87. The van der Waals surface area contributed by atoms with Gasteiger partial charge in [-0.15, -0.1) is 0 Å². The van der Waals surface area contributed by atoms with Gasteiger partial charge < -0.3 is 10.6 Å². The van der Waals surface area contributed by atoms with Gasteiger partial charge in [0.1, 0.15) is 0 Å². The number of carbonyl (C=O) groups excluding carboxylic acids is 1. The average molecular weight is 373 g/mol. The Balaban J connectivity index is 1.65. The van der Waals surface area contributed by atoms with Crippen LogP contribution < -0.4 is 10.6 Å². The third-order valence-electron chi connectivity index (χ3n) is 4.77. The standard InChI is InChI=1S/C20H25ClN4O/c1-13-9-14(2)18(17(21)10-13)25-20-22-11-15(12-23-20)19(26)24-16-7-5-3-4-6-8-16/h9-12,16H,3-8H2,1-2H3,(H,24,26)(H,22,23,25). The minimum atomic E-state index is -0.104. The lowest BCUT2D eigenvalue weighted by Gasteiger charge is -2.16. The van der Waals surface area contributed by atoms with Gasteiger partial charge in [0, 0.05) is 18.4 Å². The van der Waals surface area contributed by atoms with Crippen LogP contribution in [0.4, 0.5) is 11.6 Å². The number of nitrogens with one attached hydrogen (secondary N) is 2. The van der Waals surface area contributed by atoms with E-state index in [9.17, 15) is 4.79 Å². The number of halogens is 1. The molecule has 1 amide bonds. The van der Waals surface area contributed by atoms with E-state index in [1.807, 2.05) is 26.0 Å². The monoisotopic (exact) mass is 372 g/mol. The molecule has 0 unspecified atom stereocenters. The predicted octanol–water partition coefficient (Wildman–Crippen LogP) is 4.94. The molecule has 6 heteroatoms. The van der Waals surface area contributed by atoms with Crippen LogP contribution in [-0.2, 0) is 0 Å². The Kier molecular flexibility index (Phi) is 6.09. The molecule has 26 heavy (non-hydrogen) atoms. The first kappa shape index (κ1) is 18.6. The van der Waals surface area contributed by atoms with Gasteiger partial charge in [0.25, 0.3) is 5.91 Å². The lowest BCUT2D eigenvalue weighted by Crippen LogP contribution is -2.34. The first-order valence-electron chi connectivity index (χ1n) is 9.19. The van der Waals surface area contributed by atoms with Gasteiger partial charge in [0.15, 0.2) is 0 Å². The van der Waals surface area contributed by atoms with Crippen molar-refractivity contribution in [3.63, 3.8) is 0 Å². The molecule has 0 bridgehead atoms. The molecule has 2 N–H and O–H groups in total. The van der Waals surface area contributed by atoms with E-state index in [1.54, 1.807) is 12.4 Å². The Labute approximate surface area is 159 Å². The number of nitrogens with zero attached hydrogens (tertiary/aromatic N) is 2.